The molecule has 1 atom stereocenters. The van der Waals surface area contributed by atoms with Gasteiger partial charge >= 0.3 is 5.97 Å². The van der Waals surface area contributed by atoms with Crippen molar-refractivity contribution in [3.05, 3.63) is 66.7 Å². The lowest BCUT2D eigenvalue weighted by Crippen LogP contribution is -2.35. The van der Waals surface area contributed by atoms with Gasteiger partial charge in [-0.05, 0) is 65.8 Å². The van der Waals surface area contributed by atoms with E-state index in [0.717, 1.165) is 53.9 Å². The molecule has 3 aromatic rings. The summed E-state index contributed by atoms with van der Waals surface area (Å²) < 4.78 is 17.4. The quantitative estimate of drug-likeness (QED) is 0.138. The molecule has 1 aliphatic rings. The molecule has 0 N–H and O–H groups in total. The molecular formula is C32H38O4. The van der Waals surface area contributed by atoms with Crippen LogP contribution in [0.1, 0.15) is 71.6 Å². The smallest absolute Gasteiger partial charge is 0.352 e. The van der Waals surface area contributed by atoms with Crippen molar-refractivity contribution in [2.75, 3.05) is 6.61 Å². The molecule has 4 rings (SSSR count). The summed E-state index contributed by atoms with van der Waals surface area (Å²) in [6.45, 7) is 5.13. The van der Waals surface area contributed by atoms with Crippen LogP contribution in [0, 0.1) is 0 Å². The van der Waals surface area contributed by atoms with E-state index < -0.39 is 6.10 Å². The zero-order chi connectivity index (χ0) is 25.2. The van der Waals surface area contributed by atoms with Gasteiger partial charge in [-0.25, -0.2) is 4.79 Å². The molecule has 1 heterocycles. The molecule has 0 fully saturated rings. The second-order valence-corrected chi connectivity index (χ2v) is 9.55. The van der Waals surface area contributed by atoms with Crippen molar-refractivity contribution in [2.24, 2.45) is 0 Å². The van der Waals surface area contributed by atoms with Gasteiger partial charge in [0.2, 0.25) is 0 Å². The number of rotatable bonds is 13. The van der Waals surface area contributed by atoms with E-state index in [1.165, 1.54) is 32.1 Å². The number of ether oxygens (including phenoxy) is 3. The number of unbranched alkanes of at least 4 members (excludes halogenated alkanes) is 6. The predicted octanol–water partition coefficient (Wildman–Crippen LogP) is 8.62. The Labute approximate surface area is 215 Å². The molecular weight excluding hydrogens is 448 g/mol. The first-order valence-electron chi connectivity index (χ1n) is 13.5. The maximum absolute atomic E-state index is 12.2. The van der Waals surface area contributed by atoms with Gasteiger partial charge in [0.1, 0.15) is 5.75 Å². The highest BCUT2D eigenvalue weighted by molar-refractivity contribution is 5.81. The molecule has 0 unspecified atom stereocenters. The Morgan fingerprint density at radius 2 is 1.25 bits per heavy atom. The monoisotopic (exact) mass is 486 g/mol. The first-order chi connectivity index (χ1) is 17.7. The number of esters is 1. The van der Waals surface area contributed by atoms with Crippen molar-refractivity contribution >= 4 is 5.97 Å². The van der Waals surface area contributed by atoms with E-state index in [9.17, 15) is 4.79 Å². The molecule has 3 aromatic carbocycles. The van der Waals surface area contributed by atoms with Crippen LogP contribution >= 0.6 is 0 Å². The Balaban J connectivity index is 1.34. The van der Waals surface area contributed by atoms with Crippen molar-refractivity contribution in [2.45, 2.75) is 77.7 Å². The maximum Gasteiger partial charge on any atom is 0.352 e. The van der Waals surface area contributed by atoms with Crippen molar-refractivity contribution in [3.63, 3.8) is 0 Å². The van der Waals surface area contributed by atoms with E-state index in [1.54, 1.807) is 0 Å². The molecule has 190 valence electrons. The molecule has 0 aliphatic carbocycles. The van der Waals surface area contributed by atoms with E-state index >= 15 is 0 Å². The number of hydrogen-bond donors (Lipinski definition) is 0. The zero-order valence-electron chi connectivity index (χ0n) is 21.6. The van der Waals surface area contributed by atoms with Gasteiger partial charge in [-0.1, -0.05) is 94.8 Å². The highest BCUT2D eigenvalue weighted by atomic mass is 16.6. The maximum atomic E-state index is 12.2. The molecule has 4 nitrogen and oxygen atoms in total. The third kappa shape index (κ3) is 6.90. The Hall–Kier alpha value is -3.27. The summed E-state index contributed by atoms with van der Waals surface area (Å²) in [5.74, 6) is 1.75. The normalized spacial score (nSPS) is 14.6. The van der Waals surface area contributed by atoms with Gasteiger partial charge in [0, 0.05) is 0 Å². The SMILES string of the molecule is CCCCCCCCOc1ccc(-c2ccc(-c3ccc4c(c3)O[C@@H](CCCC)C(=O)O4)cc2)cc1. The molecule has 36 heavy (non-hydrogen) atoms. The predicted molar refractivity (Wildman–Crippen MR) is 146 cm³/mol. The first kappa shape index (κ1) is 25.8. The average Bonchev–Trinajstić information content (AvgIpc) is 2.91. The van der Waals surface area contributed by atoms with Crippen molar-refractivity contribution < 1.29 is 19.0 Å². The van der Waals surface area contributed by atoms with Gasteiger partial charge in [-0.2, -0.15) is 0 Å². The summed E-state index contributed by atoms with van der Waals surface area (Å²) in [7, 11) is 0. The fraction of sp³-hybridized carbons (Fsp3) is 0.406. The molecule has 0 spiro atoms. The van der Waals surface area contributed by atoms with E-state index in [-0.39, 0.29) is 5.97 Å². The average molecular weight is 487 g/mol. The topological polar surface area (TPSA) is 44.8 Å². The van der Waals surface area contributed by atoms with E-state index in [4.69, 9.17) is 14.2 Å². The molecule has 4 heteroatoms. The second-order valence-electron chi connectivity index (χ2n) is 9.55. The van der Waals surface area contributed by atoms with E-state index in [2.05, 4.69) is 62.4 Å². The van der Waals surface area contributed by atoms with Gasteiger partial charge < -0.3 is 14.2 Å². The minimum absolute atomic E-state index is 0.299. The Morgan fingerprint density at radius 1 is 0.667 bits per heavy atom. The molecule has 0 saturated heterocycles. The summed E-state index contributed by atoms with van der Waals surface area (Å²) in [5.41, 5.74) is 4.44. The molecule has 1 aliphatic heterocycles. The van der Waals surface area contributed by atoms with Crippen LogP contribution in [-0.4, -0.2) is 18.7 Å². The number of benzene rings is 3. The largest absolute Gasteiger partial charge is 0.494 e. The fourth-order valence-corrected chi connectivity index (χ4v) is 4.48. The van der Waals surface area contributed by atoms with Crippen LogP contribution in [0.3, 0.4) is 0 Å². The number of fused-ring (bicyclic) bond motifs is 1. The third-order valence-electron chi connectivity index (χ3n) is 6.68. The minimum Gasteiger partial charge on any atom is -0.494 e. The summed E-state index contributed by atoms with van der Waals surface area (Å²) in [6, 6.07) is 22.6. The highest BCUT2D eigenvalue weighted by Crippen LogP contribution is 2.37. The van der Waals surface area contributed by atoms with Crippen LogP contribution in [0.25, 0.3) is 22.3 Å². The van der Waals surface area contributed by atoms with Crippen molar-refractivity contribution in [1.29, 1.82) is 0 Å². The van der Waals surface area contributed by atoms with Crippen LogP contribution in [0.5, 0.6) is 17.2 Å². The van der Waals surface area contributed by atoms with Gasteiger partial charge in [-0.15, -0.1) is 0 Å². The zero-order valence-corrected chi connectivity index (χ0v) is 21.6. The number of hydrogen-bond acceptors (Lipinski definition) is 4. The van der Waals surface area contributed by atoms with Crippen molar-refractivity contribution in [1.82, 2.24) is 0 Å². The Bertz CT molecular complexity index is 1100. The molecule has 0 amide bonds. The van der Waals surface area contributed by atoms with Crippen LogP contribution in [0.2, 0.25) is 0 Å². The van der Waals surface area contributed by atoms with Crippen LogP contribution in [-0.2, 0) is 4.79 Å². The van der Waals surface area contributed by atoms with E-state index in [1.807, 2.05) is 18.2 Å². The van der Waals surface area contributed by atoms with Crippen LogP contribution in [0.15, 0.2) is 66.7 Å². The third-order valence-corrected chi connectivity index (χ3v) is 6.68. The standard InChI is InChI=1S/C32H38O4/c1-3-5-7-8-9-10-22-34-28-19-16-25(17-20-28)24-12-14-26(15-13-24)27-18-21-29-31(23-27)35-30(11-6-4-2)32(33)36-29/h12-21,23,30H,3-11,22H2,1-2H3/t30-/m0/s1. The Morgan fingerprint density at radius 3 is 1.94 bits per heavy atom. The van der Waals surface area contributed by atoms with Crippen molar-refractivity contribution in [3.8, 4) is 39.5 Å². The van der Waals surface area contributed by atoms with Crippen LogP contribution < -0.4 is 14.2 Å². The summed E-state index contributed by atoms with van der Waals surface area (Å²) >= 11 is 0. The number of carbonyl (C=O) groups excluding carboxylic acids is 1. The van der Waals surface area contributed by atoms with Gasteiger partial charge in [0.25, 0.3) is 0 Å². The van der Waals surface area contributed by atoms with Gasteiger partial charge in [0.15, 0.2) is 17.6 Å². The molecule has 0 aromatic heterocycles. The summed E-state index contributed by atoms with van der Waals surface area (Å²) in [4.78, 5) is 12.2. The van der Waals surface area contributed by atoms with E-state index in [0.29, 0.717) is 17.9 Å². The van der Waals surface area contributed by atoms with Crippen LogP contribution in [0.4, 0.5) is 0 Å². The van der Waals surface area contributed by atoms with Gasteiger partial charge in [0.05, 0.1) is 6.61 Å². The summed E-state index contributed by atoms with van der Waals surface area (Å²) in [5, 5.41) is 0. The first-order valence-corrected chi connectivity index (χ1v) is 13.5. The highest BCUT2D eigenvalue weighted by Gasteiger charge is 2.29. The van der Waals surface area contributed by atoms with Gasteiger partial charge in [-0.3, -0.25) is 0 Å². The lowest BCUT2D eigenvalue weighted by Gasteiger charge is -2.25. The minimum atomic E-state index is -0.521. The molecule has 0 saturated carbocycles. The lowest BCUT2D eigenvalue weighted by atomic mass is 10.00. The Kier molecular flexibility index (Phi) is 9.43. The summed E-state index contributed by atoms with van der Waals surface area (Å²) in [6.07, 6.45) is 9.71. The number of carbonyl (C=O) groups is 1. The molecule has 0 radical (unpaired) electrons. The fourth-order valence-electron chi connectivity index (χ4n) is 4.48. The second kappa shape index (κ2) is 13.2. The molecule has 0 bridgehead atoms. The lowest BCUT2D eigenvalue weighted by molar-refractivity contribution is -0.145.